The molecule has 190 valence electrons. The summed E-state index contributed by atoms with van der Waals surface area (Å²) < 4.78 is 20.7. The van der Waals surface area contributed by atoms with Crippen LogP contribution in [0.2, 0.25) is 0 Å². The molecule has 0 radical (unpaired) electrons. The molecule has 2 amide bonds. The zero-order valence-corrected chi connectivity index (χ0v) is 20.3. The standard InChI is InChI=1S/C28H28FN5O3/c29-22-14-12-20(13-15-22)17-30-28(36)27(21-7-2-1-3-8-21)33(18-23-9-6-16-37-23)26(35)19-34-25-11-5-4-10-24(25)31-32-34/h1-5,7-8,10-15,23,27H,6,9,16-19H2,(H,30,36)/t23-,27+/m1/s1. The van der Waals surface area contributed by atoms with Crippen LogP contribution in [0.15, 0.2) is 78.9 Å². The van der Waals surface area contributed by atoms with Crippen LogP contribution in [0.3, 0.4) is 0 Å². The largest absolute Gasteiger partial charge is 0.376 e. The molecule has 37 heavy (non-hydrogen) atoms. The van der Waals surface area contributed by atoms with Crippen LogP contribution in [0.4, 0.5) is 4.39 Å². The van der Waals surface area contributed by atoms with Gasteiger partial charge in [0.2, 0.25) is 11.8 Å². The van der Waals surface area contributed by atoms with Crippen molar-refractivity contribution in [2.45, 2.75) is 38.1 Å². The third-order valence-electron chi connectivity index (χ3n) is 6.51. The van der Waals surface area contributed by atoms with Gasteiger partial charge < -0.3 is 15.0 Å². The zero-order chi connectivity index (χ0) is 25.6. The van der Waals surface area contributed by atoms with Crippen molar-refractivity contribution >= 4 is 22.8 Å². The number of fused-ring (bicyclic) bond motifs is 1. The van der Waals surface area contributed by atoms with Crippen LogP contribution in [0, 0.1) is 5.82 Å². The van der Waals surface area contributed by atoms with Gasteiger partial charge in [0, 0.05) is 19.7 Å². The number of ether oxygens (including phenoxy) is 1. The van der Waals surface area contributed by atoms with E-state index in [1.807, 2.05) is 54.6 Å². The normalized spacial score (nSPS) is 16.0. The van der Waals surface area contributed by atoms with E-state index in [4.69, 9.17) is 4.74 Å². The summed E-state index contributed by atoms with van der Waals surface area (Å²) in [6.07, 6.45) is 1.56. The van der Waals surface area contributed by atoms with Crippen molar-refractivity contribution in [1.82, 2.24) is 25.2 Å². The molecule has 0 spiro atoms. The second-order valence-corrected chi connectivity index (χ2v) is 9.07. The van der Waals surface area contributed by atoms with Gasteiger partial charge in [-0.05, 0) is 48.2 Å². The fourth-order valence-corrected chi connectivity index (χ4v) is 4.61. The molecule has 1 saturated heterocycles. The number of benzene rings is 3. The highest BCUT2D eigenvalue weighted by Crippen LogP contribution is 2.25. The van der Waals surface area contributed by atoms with E-state index in [0.717, 1.165) is 23.9 Å². The first-order valence-electron chi connectivity index (χ1n) is 12.3. The number of halogens is 1. The van der Waals surface area contributed by atoms with E-state index < -0.39 is 6.04 Å². The lowest BCUT2D eigenvalue weighted by Gasteiger charge is -2.33. The van der Waals surface area contributed by atoms with Crippen LogP contribution >= 0.6 is 0 Å². The number of rotatable bonds is 9. The van der Waals surface area contributed by atoms with E-state index in [9.17, 15) is 14.0 Å². The monoisotopic (exact) mass is 501 g/mol. The lowest BCUT2D eigenvalue weighted by atomic mass is 10.0. The van der Waals surface area contributed by atoms with E-state index in [2.05, 4.69) is 15.6 Å². The summed E-state index contributed by atoms with van der Waals surface area (Å²) in [5.74, 6) is -0.937. The van der Waals surface area contributed by atoms with Crippen molar-refractivity contribution < 1.29 is 18.7 Å². The number of para-hydroxylation sites is 1. The molecule has 1 aromatic heterocycles. The Balaban J connectivity index is 1.44. The third kappa shape index (κ3) is 5.83. The molecule has 3 aromatic carbocycles. The summed E-state index contributed by atoms with van der Waals surface area (Å²) in [6.45, 7) is 1.04. The quantitative estimate of drug-likeness (QED) is 0.378. The minimum absolute atomic E-state index is 0.0676. The Morgan fingerprint density at radius 2 is 1.81 bits per heavy atom. The first-order chi connectivity index (χ1) is 18.1. The van der Waals surface area contributed by atoms with E-state index in [-0.39, 0.29) is 43.4 Å². The van der Waals surface area contributed by atoms with Crippen LogP contribution < -0.4 is 5.32 Å². The van der Waals surface area contributed by atoms with E-state index in [1.165, 1.54) is 12.1 Å². The molecule has 8 nitrogen and oxygen atoms in total. The second-order valence-electron chi connectivity index (χ2n) is 9.07. The zero-order valence-electron chi connectivity index (χ0n) is 20.3. The molecule has 2 heterocycles. The molecular weight excluding hydrogens is 473 g/mol. The van der Waals surface area contributed by atoms with Crippen LogP contribution in [-0.2, 0) is 27.4 Å². The van der Waals surface area contributed by atoms with Crippen molar-refractivity contribution in [3.05, 3.63) is 95.8 Å². The maximum atomic E-state index is 13.8. The average Bonchev–Trinajstić information content (AvgIpc) is 3.59. The smallest absolute Gasteiger partial charge is 0.247 e. The number of hydrogen-bond donors (Lipinski definition) is 1. The SMILES string of the molecule is O=C(NCc1ccc(F)cc1)[C@H](c1ccccc1)N(C[C@H]1CCCO1)C(=O)Cn1nnc2ccccc21. The van der Waals surface area contributed by atoms with Gasteiger partial charge in [0.05, 0.1) is 11.6 Å². The molecule has 1 fully saturated rings. The number of hydrogen-bond acceptors (Lipinski definition) is 5. The Kier molecular flexibility index (Phi) is 7.51. The molecule has 4 aromatic rings. The lowest BCUT2D eigenvalue weighted by Crippen LogP contribution is -2.47. The van der Waals surface area contributed by atoms with Crippen molar-refractivity contribution in [3.8, 4) is 0 Å². The van der Waals surface area contributed by atoms with E-state index in [0.29, 0.717) is 17.7 Å². The first kappa shape index (κ1) is 24.6. The Hall–Kier alpha value is -4.11. The predicted molar refractivity (Wildman–Crippen MR) is 136 cm³/mol. The number of aromatic nitrogens is 3. The van der Waals surface area contributed by atoms with E-state index in [1.54, 1.807) is 21.7 Å². The molecule has 0 aliphatic carbocycles. The minimum atomic E-state index is -0.881. The highest BCUT2D eigenvalue weighted by molar-refractivity contribution is 5.89. The van der Waals surface area contributed by atoms with Gasteiger partial charge >= 0.3 is 0 Å². The Bertz CT molecular complexity index is 1350. The van der Waals surface area contributed by atoms with Gasteiger partial charge in [0.1, 0.15) is 23.9 Å². The summed E-state index contributed by atoms with van der Waals surface area (Å²) in [5, 5.41) is 11.3. The Morgan fingerprint density at radius 3 is 2.57 bits per heavy atom. The molecule has 0 saturated carbocycles. The van der Waals surface area contributed by atoms with Gasteiger partial charge in [0.15, 0.2) is 0 Å². The maximum absolute atomic E-state index is 13.8. The summed E-state index contributed by atoms with van der Waals surface area (Å²) in [7, 11) is 0. The molecule has 5 rings (SSSR count). The molecule has 1 aliphatic heterocycles. The number of amides is 2. The van der Waals surface area contributed by atoms with Crippen molar-refractivity contribution in [2.75, 3.05) is 13.2 Å². The van der Waals surface area contributed by atoms with Gasteiger partial charge in [-0.25, -0.2) is 9.07 Å². The van der Waals surface area contributed by atoms with Gasteiger partial charge in [0.25, 0.3) is 0 Å². The van der Waals surface area contributed by atoms with Crippen LogP contribution in [0.25, 0.3) is 11.0 Å². The van der Waals surface area contributed by atoms with Gasteiger partial charge in [-0.3, -0.25) is 9.59 Å². The topological polar surface area (TPSA) is 89.4 Å². The fourth-order valence-electron chi connectivity index (χ4n) is 4.61. The maximum Gasteiger partial charge on any atom is 0.247 e. The van der Waals surface area contributed by atoms with Crippen molar-refractivity contribution in [3.63, 3.8) is 0 Å². The number of nitrogens with zero attached hydrogens (tertiary/aromatic N) is 4. The van der Waals surface area contributed by atoms with Gasteiger partial charge in [-0.2, -0.15) is 0 Å². The highest BCUT2D eigenvalue weighted by Gasteiger charge is 2.34. The van der Waals surface area contributed by atoms with Gasteiger partial charge in [-0.1, -0.05) is 59.8 Å². The Morgan fingerprint density at radius 1 is 1.05 bits per heavy atom. The van der Waals surface area contributed by atoms with Gasteiger partial charge in [-0.15, -0.1) is 5.10 Å². The lowest BCUT2D eigenvalue weighted by molar-refractivity contribution is -0.143. The molecular formula is C28H28FN5O3. The molecule has 9 heteroatoms. The van der Waals surface area contributed by atoms with Crippen LogP contribution in [-0.4, -0.2) is 51.0 Å². The summed E-state index contributed by atoms with van der Waals surface area (Å²) >= 11 is 0. The fraction of sp³-hybridized carbons (Fsp3) is 0.286. The minimum Gasteiger partial charge on any atom is -0.376 e. The third-order valence-corrected chi connectivity index (χ3v) is 6.51. The molecule has 1 aliphatic rings. The average molecular weight is 502 g/mol. The Labute approximate surface area is 214 Å². The van der Waals surface area contributed by atoms with Crippen molar-refractivity contribution in [1.29, 1.82) is 0 Å². The molecule has 0 bridgehead atoms. The summed E-state index contributed by atoms with van der Waals surface area (Å²) in [4.78, 5) is 29.1. The summed E-state index contributed by atoms with van der Waals surface area (Å²) in [6, 6.07) is 21.7. The summed E-state index contributed by atoms with van der Waals surface area (Å²) in [5.41, 5.74) is 2.88. The molecule has 1 N–H and O–H groups in total. The number of nitrogens with one attached hydrogen (secondary N) is 1. The number of carbonyl (C=O) groups excluding carboxylic acids is 2. The number of carbonyl (C=O) groups is 2. The predicted octanol–water partition coefficient (Wildman–Crippen LogP) is 3.64. The van der Waals surface area contributed by atoms with Crippen LogP contribution in [0.5, 0.6) is 0 Å². The van der Waals surface area contributed by atoms with E-state index >= 15 is 0 Å². The first-order valence-corrected chi connectivity index (χ1v) is 12.3. The van der Waals surface area contributed by atoms with Crippen molar-refractivity contribution in [2.24, 2.45) is 0 Å². The molecule has 2 atom stereocenters. The molecule has 0 unspecified atom stereocenters. The highest BCUT2D eigenvalue weighted by atomic mass is 19.1. The van der Waals surface area contributed by atoms with Crippen LogP contribution in [0.1, 0.15) is 30.0 Å². The second kappa shape index (κ2) is 11.3.